The Morgan fingerprint density at radius 3 is 3.06 bits per heavy atom. The summed E-state index contributed by atoms with van der Waals surface area (Å²) in [6.45, 7) is 0.719. The van der Waals surface area contributed by atoms with Crippen LogP contribution < -0.4 is 5.32 Å². The monoisotopic (exact) mass is 223 g/mol. The fraction of sp³-hybridized carbons (Fsp3) is 0.417. The molecule has 1 aromatic carbocycles. The van der Waals surface area contributed by atoms with Crippen LogP contribution in [0.15, 0.2) is 24.3 Å². The van der Waals surface area contributed by atoms with Gasteiger partial charge >= 0.3 is 5.97 Å². The molecule has 1 heterocycles. The first kappa shape index (κ1) is 11.1. The lowest BCUT2D eigenvalue weighted by molar-refractivity contribution is -0.140. The second-order valence-corrected chi connectivity index (χ2v) is 4.15. The molecule has 0 bridgehead atoms. The molecule has 1 saturated heterocycles. The molecule has 0 spiro atoms. The van der Waals surface area contributed by atoms with E-state index in [1.807, 2.05) is 6.07 Å². The zero-order valence-electron chi connectivity index (χ0n) is 8.82. The van der Waals surface area contributed by atoms with Crippen molar-refractivity contribution >= 4 is 5.97 Å². The van der Waals surface area contributed by atoms with Gasteiger partial charge in [0.2, 0.25) is 0 Å². The zero-order valence-corrected chi connectivity index (χ0v) is 8.82. The molecule has 0 aliphatic carbocycles. The van der Waals surface area contributed by atoms with Crippen LogP contribution in [0.4, 0.5) is 4.39 Å². The van der Waals surface area contributed by atoms with Crippen molar-refractivity contribution < 1.29 is 14.3 Å². The maximum Gasteiger partial charge on any atom is 0.320 e. The van der Waals surface area contributed by atoms with Gasteiger partial charge in [0.15, 0.2) is 0 Å². The summed E-state index contributed by atoms with van der Waals surface area (Å²) in [5.74, 6) is -1.03. The average Bonchev–Trinajstić information content (AvgIpc) is 2.66. The molecule has 0 radical (unpaired) electrons. The molecule has 16 heavy (non-hydrogen) atoms. The number of nitrogens with one attached hydrogen (secondary N) is 1. The predicted molar refractivity (Wildman–Crippen MR) is 57.6 cm³/mol. The Morgan fingerprint density at radius 2 is 2.38 bits per heavy atom. The Balaban J connectivity index is 2.06. The predicted octanol–water partition coefficient (Wildman–Crippen LogP) is 1.43. The Labute approximate surface area is 93.3 Å². The topological polar surface area (TPSA) is 49.3 Å². The van der Waals surface area contributed by atoms with E-state index in [4.69, 9.17) is 5.11 Å². The van der Waals surface area contributed by atoms with Crippen LogP contribution in [-0.4, -0.2) is 23.7 Å². The van der Waals surface area contributed by atoms with Crippen LogP contribution in [0.25, 0.3) is 0 Å². The van der Waals surface area contributed by atoms with Crippen molar-refractivity contribution in [1.29, 1.82) is 0 Å². The molecule has 1 aliphatic rings. The van der Waals surface area contributed by atoms with Gasteiger partial charge in [-0.2, -0.15) is 0 Å². The summed E-state index contributed by atoms with van der Waals surface area (Å²) in [7, 11) is 0. The summed E-state index contributed by atoms with van der Waals surface area (Å²) in [6.07, 6.45) is 1.44. The molecule has 2 atom stereocenters. The number of hydrogen-bond acceptors (Lipinski definition) is 2. The summed E-state index contributed by atoms with van der Waals surface area (Å²) < 4.78 is 13.0. The maximum absolute atomic E-state index is 13.0. The number of carboxylic acids is 1. The molecule has 0 aromatic heterocycles. The lowest BCUT2D eigenvalue weighted by Crippen LogP contribution is -2.36. The van der Waals surface area contributed by atoms with Gasteiger partial charge in [0, 0.05) is 0 Å². The molecular weight excluding hydrogens is 209 g/mol. The molecule has 1 unspecified atom stereocenters. The Bertz CT molecular complexity index is 394. The number of hydrogen-bond donors (Lipinski definition) is 2. The molecule has 1 fully saturated rings. The molecule has 0 amide bonds. The molecule has 0 saturated carbocycles. The van der Waals surface area contributed by atoms with Crippen molar-refractivity contribution in [2.45, 2.75) is 18.9 Å². The maximum atomic E-state index is 13.0. The molecule has 4 heteroatoms. The van der Waals surface area contributed by atoms with Gasteiger partial charge in [-0.1, -0.05) is 12.1 Å². The van der Waals surface area contributed by atoms with Gasteiger partial charge in [0.25, 0.3) is 0 Å². The van der Waals surface area contributed by atoms with Crippen molar-refractivity contribution in [2.75, 3.05) is 6.54 Å². The number of rotatable bonds is 3. The van der Waals surface area contributed by atoms with Gasteiger partial charge in [-0.05, 0) is 43.0 Å². The third-order valence-electron chi connectivity index (χ3n) is 3.00. The fourth-order valence-electron chi connectivity index (χ4n) is 2.23. The van der Waals surface area contributed by atoms with Crippen molar-refractivity contribution in [3.05, 3.63) is 35.6 Å². The van der Waals surface area contributed by atoms with E-state index in [1.54, 1.807) is 6.07 Å². The standard InChI is InChI=1S/C12H14FNO2/c13-10-3-1-2-8(7-10)6-9-4-5-14-11(9)12(15)16/h1-3,7,9,11,14H,4-6H2,(H,15,16)/t9?,11-/m0/s1. The van der Waals surface area contributed by atoms with Crippen LogP contribution in [0.3, 0.4) is 0 Å². The molecule has 2 N–H and O–H groups in total. The van der Waals surface area contributed by atoms with Crippen molar-refractivity contribution in [2.24, 2.45) is 5.92 Å². The largest absolute Gasteiger partial charge is 0.480 e. The van der Waals surface area contributed by atoms with Gasteiger partial charge < -0.3 is 10.4 Å². The van der Waals surface area contributed by atoms with E-state index in [0.717, 1.165) is 18.5 Å². The van der Waals surface area contributed by atoms with E-state index in [-0.39, 0.29) is 11.7 Å². The van der Waals surface area contributed by atoms with Crippen LogP contribution >= 0.6 is 0 Å². The summed E-state index contributed by atoms with van der Waals surface area (Å²) in [5, 5.41) is 11.9. The normalized spacial score (nSPS) is 24.6. The molecular formula is C12H14FNO2. The lowest BCUT2D eigenvalue weighted by atomic mass is 9.93. The van der Waals surface area contributed by atoms with E-state index in [2.05, 4.69) is 5.32 Å². The van der Waals surface area contributed by atoms with Gasteiger partial charge in [-0.15, -0.1) is 0 Å². The van der Waals surface area contributed by atoms with Crippen LogP contribution in [0, 0.1) is 11.7 Å². The first-order valence-electron chi connectivity index (χ1n) is 5.37. The van der Waals surface area contributed by atoms with E-state index in [9.17, 15) is 9.18 Å². The average molecular weight is 223 g/mol. The fourth-order valence-corrected chi connectivity index (χ4v) is 2.23. The van der Waals surface area contributed by atoms with Crippen LogP contribution in [0.2, 0.25) is 0 Å². The first-order chi connectivity index (χ1) is 7.66. The molecule has 1 aromatic rings. The highest BCUT2D eigenvalue weighted by Gasteiger charge is 2.32. The third-order valence-corrected chi connectivity index (χ3v) is 3.00. The summed E-state index contributed by atoms with van der Waals surface area (Å²) >= 11 is 0. The zero-order chi connectivity index (χ0) is 11.5. The van der Waals surface area contributed by atoms with Crippen molar-refractivity contribution in [1.82, 2.24) is 5.32 Å². The summed E-state index contributed by atoms with van der Waals surface area (Å²) in [5.41, 5.74) is 0.861. The Kier molecular flexibility index (Phi) is 3.19. The highest BCUT2D eigenvalue weighted by Crippen LogP contribution is 2.21. The molecule has 2 rings (SSSR count). The molecule has 3 nitrogen and oxygen atoms in total. The Hall–Kier alpha value is -1.42. The number of benzene rings is 1. The highest BCUT2D eigenvalue weighted by molar-refractivity contribution is 5.74. The minimum absolute atomic E-state index is 0.0549. The quantitative estimate of drug-likeness (QED) is 0.815. The summed E-state index contributed by atoms with van der Waals surface area (Å²) in [6, 6.07) is 5.86. The van der Waals surface area contributed by atoms with E-state index >= 15 is 0 Å². The number of carboxylic acid groups (broad SMARTS) is 1. The van der Waals surface area contributed by atoms with E-state index in [1.165, 1.54) is 12.1 Å². The second kappa shape index (κ2) is 4.61. The summed E-state index contributed by atoms with van der Waals surface area (Å²) in [4.78, 5) is 10.9. The lowest BCUT2D eigenvalue weighted by Gasteiger charge is -2.15. The number of carbonyl (C=O) groups is 1. The number of halogens is 1. The van der Waals surface area contributed by atoms with Gasteiger partial charge in [-0.3, -0.25) is 4.79 Å². The van der Waals surface area contributed by atoms with Crippen molar-refractivity contribution in [3.8, 4) is 0 Å². The SMILES string of the molecule is O=C(O)[C@H]1NCCC1Cc1cccc(F)c1. The van der Waals surface area contributed by atoms with Gasteiger partial charge in [0.1, 0.15) is 11.9 Å². The highest BCUT2D eigenvalue weighted by atomic mass is 19.1. The molecule has 1 aliphatic heterocycles. The minimum Gasteiger partial charge on any atom is -0.480 e. The van der Waals surface area contributed by atoms with Crippen LogP contribution in [0.1, 0.15) is 12.0 Å². The van der Waals surface area contributed by atoms with Gasteiger partial charge in [-0.25, -0.2) is 4.39 Å². The first-order valence-corrected chi connectivity index (χ1v) is 5.37. The Morgan fingerprint density at radius 1 is 1.56 bits per heavy atom. The van der Waals surface area contributed by atoms with Crippen LogP contribution in [-0.2, 0) is 11.2 Å². The van der Waals surface area contributed by atoms with E-state index < -0.39 is 12.0 Å². The number of aliphatic carboxylic acids is 1. The van der Waals surface area contributed by atoms with Crippen LogP contribution in [0.5, 0.6) is 0 Å². The van der Waals surface area contributed by atoms with E-state index in [0.29, 0.717) is 6.42 Å². The minimum atomic E-state index is -0.820. The third kappa shape index (κ3) is 2.39. The second-order valence-electron chi connectivity index (χ2n) is 4.15. The van der Waals surface area contributed by atoms with Crippen molar-refractivity contribution in [3.63, 3.8) is 0 Å². The van der Waals surface area contributed by atoms with Gasteiger partial charge in [0.05, 0.1) is 0 Å². The smallest absolute Gasteiger partial charge is 0.320 e. The molecule has 86 valence electrons.